The molecular weight excluding hydrogens is 206 g/mol. The highest BCUT2D eigenvalue weighted by Gasteiger charge is 2.10. The van der Waals surface area contributed by atoms with Gasteiger partial charge in [-0.2, -0.15) is 0 Å². The van der Waals surface area contributed by atoms with E-state index < -0.39 is 0 Å². The Labute approximate surface area is 95.7 Å². The number of carbonyl (C=O) groups excluding carboxylic acids is 1. The Morgan fingerprint density at radius 3 is 2.88 bits per heavy atom. The molecule has 1 aromatic heterocycles. The normalized spacial score (nSPS) is 14.4. The molecule has 0 saturated heterocycles. The van der Waals surface area contributed by atoms with Crippen LogP contribution in [-0.4, -0.2) is 23.2 Å². The number of aliphatic hydroxyl groups is 1. The van der Waals surface area contributed by atoms with Crippen LogP contribution >= 0.6 is 0 Å². The molecule has 4 nitrogen and oxygen atoms in total. The Kier molecular flexibility index (Phi) is 5.05. The fourth-order valence-electron chi connectivity index (χ4n) is 1.61. The van der Waals surface area contributed by atoms with Crippen LogP contribution < -0.4 is 5.32 Å². The number of furan rings is 1. The van der Waals surface area contributed by atoms with Gasteiger partial charge in [-0.05, 0) is 32.4 Å². The van der Waals surface area contributed by atoms with Crippen molar-refractivity contribution in [3.05, 3.63) is 24.2 Å². The average molecular weight is 225 g/mol. The van der Waals surface area contributed by atoms with E-state index in [9.17, 15) is 4.79 Å². The predicted molar refractivity (Wildman–Crippen MR) is 60.9 cm³/mol. The molecule has 1 rings (SSSR count). The van der Waals surface area contributed by atoms with Crippen LogP contribution in [0.5, 0.6) is 0 Å². The molecule has 1 aromatic rings. The molecule has 0 radical (unpaired) electrons. The molecule has 1 amide bonds. The fraction of sp³-hybridized carbons (Fsp3) is 0.583. The zero-order valence-corrected chi connectivity index (χ0v) is 9.77. The third-order valence-electron chi connectivity index (χ3n) is 2.28. The molecule has 0 fully saturated rings. The molecule has 2 atom stereocenters. The Balaban J connectivity index is 2.20. The van der Waals surface area contributed by atoms with E-state index in [0.717, 1.165) is 5.76 Å². The Morgan fingerprint density at radius 1 is 1.56 bits per heavy atom. The number of hydrogen-bond donors (Lipinski definition) is 2. The lowest BCUT2D eigenvalue weighted by Crippen LogP contribution is -2.34. The summed E-state index contributed by atoms with van der Waals surface area (Å²) in [5.41, 5.74) is 0. The molecule has 16 heavy (non-hydrogen) atoms. The molecule has 0 saturated carbocycles. The van der Waals surface area contributed by atoms with Crippen molar-refractivity contribution < 1.29 is 14.3 Å². The summed E-state index contributed by atoms with van der Waals surface area (Å²) >= 11 is 0. The van der Waals surface area contributed by atoms with Crippen molar-refractivity contribution in [3.8, 4) is 0 Å². The molecule has 2 N–H and O–H groups in total. The van der Waals surface area contributed by atoms with Crippen LogP contribution in [0.2, 0.25) is 0 Å². The minimum atomic E-state index is -0.389. The second-order valence-corrected chi connectivity index (χ2v) is 4.13. The van der Waals surface area contributed by atoms with Gasteiger partial charge in [0, 0.05) is 18.9 Å². The van der Waals surface area contributed by atoms with Crippen molar-refractivity contribution in [3.63, 3.8) is 0 Å². The van der Waals surface area contributed by atoms with E-state index >= 15 is 0 Å². The zero-order chi connectivity index (χ0) is 12.0. The minimum absolute atomic E-state index is 0.00380. The summed E-state index contributed by atoms with van der Waals surface area (Å²) in [6, 6.07) is 3.67. The fourth-order valence-corrected chi connectivity index (χ4v) is 1.61. The van der Waals surface area contributed by atoms with Gasteiger partial charge >= 0.3 is 0 Å². The first-order chi connectivity index (χ1) is 7.58. The highest BCUT2D eigenvalue weighted by Crippen LogP contribution is 2.04. The molecule has 0 bridgehead atoms. The predicted octanol–water partition coefficient (Wildman–Crippen LogP) is 1.49. The van der Waals surface area contributed by atoms with E-state index in [1.807, 2.05) is 19.1 Å². The Morgan fingerprint density at radius 2 is 2.31 bits per heavy atom. The third kappa shape index (κ3) is 4.98. The first-order valence-corrected chi connectivity index (χ1v) is 5.57. The van der Waals surface area contributed by atoms with Crippen LogP contribution in [0.1, 0.15) is 32.4 Å². The summed E-state index contributed by atoms with van der Waals surface area (Å²) in [6.45, 7) is 3.60. The second kappa shape index (κ2) is 6.33. The van der Waals surface area contributed by atoms with Gasteiger partial charge in [0.1, 0.15) is 5.76 Å². The number of rotatable bonds is 6. The van der Waals surface area contributed by atoms with Crippen molar-refractivity contribution >= 4 is 5.91 Å². The first kappa shape index (κ1) is 12.8. The standard InChI is InChI=1S/C12H19NO3/c1-9(8-10(2)14)13-12(15)6-5-11-4-3-7-16-11/h3-4,7,9-10,14H,5-6,8H2,1-2H3,(H,13,15). The summed E-state index contributed by atoms with van der Waals surface area (Å²) < 4.78 is 5.13. The topological polar surface area (TPSA) is 62.5 Å². The maximum Gasteiger partial charge on any atom is 0.220 e. The van der Waals surface area contributed by atoms with Crippen LogP contribution in [0, 0.1) is 0 Å². The van der Waals surface area contributed by atoms with Gasteiger partial charge in [-0.15, -0.1) is 0 Å². The summed E-state index contributed by atoms with van der Waals surface area (Å²) in [4.78, 5) is 11.5. The van der Waals surface area contributed by atoms with Crippen LogP contribution in [0.4, 0.5) is 0 Å². The lowest BCUT2D eigenvalue weighted by atomic mass is 10.1. The van der Waals surface area contributed by atoms with Crippen molar-refractivity contribution in [1.29, 1.82) is 0 Å². The van der Waals surface area contributed by atoms with Crippen molar-refractivity contribution in [2.75, 3.05) is 0 Å². The van der Waals surface area contributed by atoms with Crippen molar-refractivity contribution in [1.82, 2.24) is 5.32 Å². The summed E-state index contributed by atoms with van der Waals surface area (Å²) in [7, 11) is 0. The van der Waals surface area contributed by atoms with Crippen LogP contribution in [-0.2, 0) is 11.2 Å². The maximum absolute atomic E-state index is 11.5. The molecule has 0 spiro atoms. The third-order valence-corrected chi connectivity index (χ3v) is 2.28. The molecule has 0 aliphatic carbocycles. The molecule has 0 aromatic carbocycles. The highest BCUT2D eigenvalue weighted by molar-refractivity contribution is 5.76. The van der Waals surface area contributed by atoms with Crippen LogP contribution in [0.3, 0.4) is 0 Å². The highest BCUT2D eigenvalue weighted by atomic mass is 16.3. The SMILES string of the molecule is CC(O)CC(C)NC(=O)CCc1ccco1. The molecule has 1 heterocycles. The quantitative estimate of drug-likeness (QED) is 0.771. The van der Waals surface area contributed by atoms with Crippen LogP contribution in [0.15, 0.2) is 22.8 Å². The number of nitrogens with one attached hydrogen (secondary N) is 1. The number of aryl methyl sites for hydroxylation is 1. The Bertz CT molecular complexity index is 306. The summed E-state index contributed by atoms with van der Waals surface area (Å²) in [6.07, 6.45) is 2.81. The van der Waals surface area contributed by atoms with Gasteiger partial charge in [0.25, 0.3) is 0 Å². The number of aliphatic hydroxyl groups excluding tert-OH is 1. The van der Waals surface area contributed by atoms with Gasteiger partial charge in [0.15, 0.2) is 0 Å². The molecule has 0 aliphatic heterocycles. The minimum Gasteiger partial charge on any atom is -0.469 e. The summed E-state index contributed by atoms with van der Waals surface area (Å²) in [5.74, 6) is 0.808. The zero-order valence-electron chi connectivity index (χ0n) is 9.77. The van der Waals surface area contributed by atoms with Gasteiger partial charge in [0.2, 0.25) is 5.91 Å². The van der Waals surface area contributed by atoms with E-state index in [-0.39, 0.29) is 18.1 Å². The summed E-state index contributed by atoms with van der Waals surface area (Å²) in [5, 5.41) is 12.0. The van der Waals surface area contributed by atoms with Crippen LogP contribution in [0.25, 0.3) is 0 Å². The molecule has 0 aliphatic rings. The van der Waals surface area contributed by atoms with Gasteiger partial charge < -0.3 is 14.8 Å². The van der Waals surface area contributed by atoms with Gasteiger partial charge in [0.05, 0.1) is 12.4 Å². The molecule has 2 unspecified atom stereocenters. The van der Waals surface area contributed by atoms with Crippen molar-refractivity contribution in [2.24, 2.45) is 0 Å². The average Bonchev–Trinajstić information content (AvgIpc) is 2.65. The molecule has 90 valence electrons. The van der Waals surface area contributed by atoms with E-state index in [2.05, 4.69) is 5.32 Å². The van der Waals surface area contributed by atoms with Crippen molar-refractivity contribution in [2.45, 2.75) is 45.3 Å². The van der Waals surface area contributed by atoms with E-state index in [4.69, 9.17) is 9.52 Å². The van der Waals surface area contributed by atoms with Gasteiger partial charge in [-0.25, -0.2) is 0 Å². The number of carbonyl (C=O) groups is 1. The smallest absolute Gasteiger partial charge is 0.220 e. The van der Waals surface area contributed by atoms with E-state index in [0.29, 0.717) is 19.3 Å². The second-order valence-electron chi connectivity index (χ2n) is 4.13. The van der Waals surface area contributed by atoms with E-state index in [1.54, 1.807) is 13.2 Å². The number of amides is 1. The molecule has 4 heteroatoms. The molecular formula is C12H19NO3. The number of hydrogen-bond acceptors (Lipinski definition) is 3. The Hall–Kier alpha value is -1.29. The van der Waals surface area contributed by atoms with Gasteiger partial charge in [-0.1, -0.05) is 0 Å². The largest absolute Gasteiger partial charge is 0.469 e. The van der Waals surface area contributed by atoms with E-state index in [1.165, 1.54) is 0 Å². The monoisotopic (exact) mass is 225 g/mol. The van der Waals surface area contributed by atoms with Gasteiger partial charge in [-0.3, -0.25) is 4.79 Å². The lowest BCUT2D eigenvalue weighted by Gasteiger charge is -2.15. The lowest BCUT2D eigenvalue weighted by molar-refractivity contribution is -0.121. The maximum atomic E-state index is 11.5. The first-order valence-electron chi connectivity index (χ1n) is 5.57.